The maximum absolute atomic E-state index is 12.8. The van der Waals surface area contributed by atoms with E-state index in [0.717, 1.165) is 11.8 Å². The van der Waals surface area contributed by atoms with Crippen molar-refractivity contribution in [2.45, 2.75) is 38.9 Å². The lowest BCUT2D eigenvalue weighted by Crippen LogP contribution is -2.13. The van der Waals surface area contributed by atoms with Gasteiger partial charge >= 0.3 is 0 Å². The molecule has 0 unspecified atom stereocenters. The van der Waals surface area contributed by atoms with Crippen LogP contribution in [0.3, 0.4) is 0 Å². The molecular formula is C12H17BF-. The molecule has 0 nitrogen and oxygen atoms in total. The number of hydrogen-bond donors (Lipinski definition) is 0. The first kappa shape index (κ1) is 11.3. The first-order chi connectivity index (χ1) is 6.83. The second-order valence-corrected chi connectivity index (χ2v) is 3.61. The van der Waals surface area contributed by atoms with E-state index in [0.29, 0.717) is 0 Å². The summed E-state index contributed by atoms with van der Waals surface area (Å²) in [6, 6.07) is 6.77. The van der Waals surface area contributed by atoms with E-state index >= 15 is 0 Å². The van der Waals surface area contributed by atoms with Crippen LogP contribution in [0.5, 0.6) is 0 Å². The minimum Gasteiger partial charge on any atom is -0.297 e. The Labute approximate surface area is 86.8 Å². The van der Waals surface area contributed by atoms with Crippen LogP contribution in [0, 0.1) is 5.82 Å². The predicted molar refractivity (Wildman–Crippen MR) is 60.7 cm³/mol. The summed E-state index contributed by atoms with van der Waals surface area (Å²) < 4.78 is 12.8. The highest BCUT2D eigenvalue weighted by atomic mass is 19.1. The molecule has 0 bridgehead atoms. The van der Waals surface area contributed by atoms with Gasteiger partial charge in [0.1, 0.15) is 5.82 Å². The first-order valence-corrected chi connectivity index (χ1v) is 5.41. The van der Waals surface area contributed by atoms with Crippen molar-refractivity contribution in [2.75, 3.05) is 0 Å². The van der Waals surface area contributed by atoms with Gasteiger partial charge in [-0.2, -0.15) is 0 Å². The first-order valence-electron chi connectivity index (χ1n) is 5.41. The van der Waals surface area contributed by atoms with Crippen molar-refractivity contribution in [1.82, 2.24) is 0 Å². The molecule has 0 aliphatic heterocycles. The fraction of sp³-hybridized carbons (Fsp3) is 0.500. The Hall–Kier alpha value is -0.785. The minimum atomic E-state index is -0.146. The number of benzene rings is 1. The van der Waals surface area contributed by atoms with Crippen LogP contribution in [0.2, 0.25) is 6.32 Å². The fourth-order valence-electron chi connectivity index (χ4n) is 1.47. The van der Waals surface area contributed by atoms with Gasteiger partial charge in [0.05, 0.1) is 0 Å². The van der Waals surface area contributed by atoms with E-state index in [4.69, 9.17) is 0 Å². The summed E-state index contributed by atoms with van der Waals surface area (Å²) >= 11 is 0. The summed E-state index contributed by atoms with van der Waals surface area (Å²) in [4.78, 5) is 0. The van der Waals surface area contributed by atoms with Crippen molar-refractivity contribution < 1.29 is 4.39 Å². The molecule has 0 heterocycles. The van der Waals surface area contributed by atoms with E-state index in [1.807, 2.05) is 6.07 Å². The quantitative estimate of drug-likeness (QED) is 0.478. The third-order valence-corrected chi connectivity index (χ3v) is 2.29. The van der Waals surface area contributed by atoms with Crippen LogP contribution in [-0.4, -0.2) is 7.28 Å². The summed E-state index contributed by atoms with van der Waals surface area (Å²) in [5.74, 6) is -0.146. The van der Waals surface area contributed by atoms with Gasteiger partial charge in [0, 0.05) is 0 Å². The molecule has 0 aromatic heterocycles. The monoisotopic (exact) mass is 191 g/mol. The van der Waals surface area contributed by atoms with Crippen molar-refractivity contribution >= 4 is 12.7 Å². The molecule has 0 saturated heterocycles. The van der Waals surface area contributed by atoms with E-state index in [2.05, 4.69) is 14.2 Å². The Balaban J connectivity index is 2.18. The Morgan fingerprint density at radius 1 is 1.21 bits per heavy atom. The molecule has 0 N–H and O–H groups in total. The Morgan fingerprint density at radius 2 is 2.07 bits per heavy atom. The molecule has 0 aliphatic carbocycles. The van der Waals surface area contributed by atoms with Crippen LogP contribution in [0.1, 0.15) is 32.6 Å². The number of hydrogen-bond acceptors (Lipinski definition) is 0. The van der Waals surface area contributed by atoms with Gasteiger partial charge in [0.15, 0.2) is 0 Å². The molecule has 0 atom stereocenters. The summed E-state index contributed by atoms with van der Waals surface area (Å²) in [5.41, 5.74) is 1.00. The lowest BCUT2D eigenvalue weighted by atomic mass is 9.66. The largest absolute Gasteiger partial charge is 0.297 e. The maximum atomic E-state index is 12.8. The van der Waals surface area contributed by atoms with Crippen LogP contribution in [0.15, 0.2) is 24.3 Å². The summed E-state index contributed by atoms with van der Waals surface area (Å²) in [6.45, 7) is 2.20. The molecule has 0 aliphatic rings. The van der Waals surface area contributed by atoms with Gasteiger partial charge in [-0.25, -0.2) is 10.7 Å². The average molecular weight is 191 g/mol. The summed E-state index contributed by atoms with van der Waals surface area (Å²) in [7, 11) is 2.11. The second kappa shape index (κ2) is 6.64. The van der Waals surface area contributed by atoms with Gasteiger partial charge in [-0.3, -0.25) is 12.7 Å². The highest BCUT2D eigenvalue weighted by Crippen LogP contribution is 2.02. The molecule has 0 amide bonds. The summed E-state index contributed by atoms with van der Waals surface area (Å²) in [6.07, 6.45) is 6.12. The molecule has 2 heteroatoms. The van der Waals surface area contributed by atoms with Crippen LogP contribution in [-0.2, 0) is 0 Å². The Bertz CT molecular complexity index is 260. The molecule has 1 rings (SSSR count). The van der Waals surface area contributed by atoms with Gasteiger partial charge in [-0.05, 0) is 6.07 Å². The van der Waals surface area contributed by atoms with Crippen molar-refractivity contribution in [3.63, 3.8) is 0 Å². The summed E-state index contributed by atoms with van der Waals surface area (Å²) in [5, 5.41) is 0. The average Bonchev–Trinajstić information content (AvgIpc) is 2.18. The third-order valence-electron chi connectivity index (χ3n) is 2.29. The minimum absolute atomic E-state index is 0.146. The Kier molecular flexibility index (Phi) is 5.35. The number of rotatable bonds is 6. The van der Waals surface area contributed by atoms with Crippen molar-refractivity contribution in [3.05, 3.63) is 30.1 Å². The topological polar surface area (TPSA) is 0 Å². The third kappa shape index (κ3) is 4.45. The van der Waals surface area contributed by atoms with E-state index in [1.54, 1.807) is 12.1 Å². The highest BCUT2D eigenvalue weighted by molar-refractivity contribution is 6.53. The highest BCUT2D eigenvalue weighted by Gasteiger charge is 1.85. The number of halogens is 1. The van der Waals surface area contributed by atoms with Crippen LogP contribution < -0.4 is 5.46 Å². The van der Waals surface area contributed by atoms with E-state index < -0.39 is 0 Å². The van der Waals surface area contributed by atoms with Crippen LogP contribution >= 0.6 is 0 Å². The van der Waals surface area contributed by atoms with Gasteiger partial charge < -0.3 is 0 Å². The molecule has 1 aromatic carbocycles. The van der Waals surface area contributed by atoms with E-state index in [9.17, 15) is 4.39 Å². The molecule has 0 saturated carbocycles. The standard InChI is InChI=1S/C12H17BF/c1-2-3-4-5-9-13-11-7-6-8-12(14)10-11/h6-8,10H,2-5,9H2,1H3/q-1. The SMILES string of the molecule is CCCCCC[B-]c1cccc(F)c1. The van der Waals surface area contributed by atoms with Gasteiger partial charge in [-0.1, -0.05) is 44.7 Å². The smallest absolute Gasteiger partial charge is 0.119 e. The second-order valence-electron chi connectivity index (χ2n) is 3.61. The predicted octanol–water partition coefficient (Wildman–Crippen LogP) is 3.15. The van der Waals surface area contributed by atoms with Crippen molar-refractivity contribution in [3.8, 4) is 0 Å². The molecule has 0 spiro atoms. The zero-order chi connectivity index (χ0) is 10.2. The van der Waals surface area contributed by atoms with Gasteiger partial charge in [-0.15, -0.1) is 6.07 Å². The molecule has 2 radical (unpaired) electrons. The molecule has 0 fully saturated rings. The Morgan fingerprint density at radius 3 is 2.79 bits per heavy atom. The van der Waals surface area contributed by atoms with Gasteiger partial charge in [0.25, 0.3) is 0 Å². The normalized spacial score (nSPS) is 10.4. The fourth-order valence-corrected chi connectivity index (χ4v) is 1.47. The van der Waals surface area contributed by atoms with Crippen LogP contribution in [0.4, 0.5) is 4.39 Å². The van der Waals surface area contributed by atoms with Crippen molar-refractivity contribution in [2.24, 2.45) is 0 Å². The molecule has 76 valence electrons. The zero-order valence-corrected chi connectivity index (χ0v) is 8.80. The lowest BCUT2D eigenvalue weighted by Gasteiger charge is -2.15. The molecule has 1 aromatic rings. The molecule has 14 heavy (non-hydrogen) atoms. The van der Waals surface area contributed by atoms with Gasteiger partial charge in [0.2, 0.25) is 0 Å². The van der Waals surface area contributed by atoms with E-state index in [1.165, 1.54) is 31.7 Å². The lowest BCUT2D eigenvalue weighted by molar-refractivity contribution is 0.629. The molecular weight excluding hydrogens is 174 g/mol. The van der Waals surface area contributed by atoms with Crippen molar-refractivity contribution in [1.29, 1.82) is 0 Å². The maximum Gasteiger partial charge on any atom is 0.119 e. The zero-order valence-electron chi connectivity index (χ0n) is 8.80. The number of unbranched alkanes of at least 4 members (excludes halogenated alkanes) is 3. The van der Waals surface area contributed by atoms with E-state index in [-0.39, 0.29) is 5.82 Å². The van der Waals surface area contributed by atoms with Crippen LogP contribution in [0.25, 0.3) is 0 Å².